The molecule has 0 fully saturated rings. The molecule has 0 atom stereocenters. The Morgan fingerprint density at radius 1 is 1.18 bits per heavy atom. The van der Waals surface area contributed by atoms with Gasteiger partial charge in [0.15, 0.2) is 5.58 Å². The Balaban J connectivity index is 1.53. The van der Waals surface area contributed by atoms with Crippen molar-refractivity contribution in [1.29, 1.82) is 0 Å². The first-order chi connectivity index (χ1) is 15.9. The van der Waals surface area contributed by atoms with Gasteiger partial charge in [-0.2, -0.15) is 0 Å². The molecule has 4 aromatic rings. The van der Waals surface area contributed by atoms with E-state index in [4.69, 9.17) is 4.42 Å². The van der Waals surface area contributed by atoms with E-state index in [9.17, 15) is 14.0 Å². The molecule has 9 heteroatoms. The lowest BCUT2D eigenvalue weighted by molar-refractivity contribution is 0.102. The predicted molar refractivity (Wildman–Crippen MR) is 127 cm³/mol. The van der Waals surface area contributed by atoms with E-state index >= 15 is 0 Å². The van der Waals surface area contributed by atoms with Crippen molar-refractivity contribution in [1.82, 2.24) is 14.5 Å². The number of hydrogen-bond acceptors (Lipinski definition) is 6. The first-order valence-electron chi connectivity index (χ1n) is 10.3. The number of likely N-dealkylation sites (N-methyl/N-ethyl adjacent to an activating group) is 1. The maximum Gasteiger partial charge on any atom is 0.419 e. The van der Waals surface area contributed by atoms with Crippen molar-refractivity contribution >= 4 is 34.5 Å². The van der Waals surface area contributed by atoms with Crippen molar-refractivity contribution in [2.75, 3.05) is 26.0 Å². The van der Waals surface area contributed by atoms with E-state index < -0.39 is 5.76 Å². The van der Waals surface area contributed by atoms with Crippen molar-refractivity contribution in [3.63, 3.8) is 0 Å². The predicted octanol–water partition coefficient (Wildman–Crippen LogP) is 4.23. The zero-order valence-electron chi connectivity index (χ0n) is 18.2. The number of hydrogen-bond donors (Lipinski definition) is 1. The van der Waals surface area contributed by atoms with Crippen LogP contribution >= 0.6 is 11.8 Å². The highest BCUT2D eigenvalue weighted by Gasteiger charge is 2.15. The van der Waals surface area contributed by atoms with Gasteiger partial charge in [-0.15, -0.1) is 11.8 Å². The van der Waals surface area contributed by atoms with Gasteiger partial charge in [0.25, 0.3) is 5.91 Å². The summed E-state index contributed by atoms with van der Waals surface area (Å²) in [4.78, 5) is 31.6. The van der Waals surface area contributed by atoms with Crippen LogP contribution in [0, 0.1) is 5.82 Å². The number of nitrogens with one attached hydrogen (secondary N) is 1. The van der Waals surface area contributed by atoms with Crippen molar-refractivity contribution in [2.24, 2.45) is 0 Å². The smallest absolute Gasteiger partial charge is 0.408 e. The number of amides is 1. The summed E-state index contributed by atoms with van der Waals surface area (Å²) >= 11 is 1.40. The topological polar surface area (TPSA) is 80.4 Å². The van der Waals surface area contributed by atoms with Gasteiger partial charge >= 0.3 is 5.76 Å². The largest absolute Gasteiger partial charge is 0.419 e. The fourth-order valence-electron chi connectivity index (χ4n) is 3.26. The van der Waals surface area contributed by atoms with Crippen LogP contribution < -0.4 is 11.1 Å². The Kier molecular flexibility index (Phi) is 6.90. The summed E-state index contributed by atoms with van der Waals surface area (Å²) in [6, 6.07) is 14.7. The first-order valence-corrected chi connectivity index (χ1v) is 11.3. The second-order valence-corrected chi connectivity index (χ2v) is 8.69. The average Bonchev–Trinajstić information content (AvgIpc) is 3.11. The van der Waals surface area contributed by atoms with Crippen molar-refractivity contribution in [3.8, 4) is 0 Å². The second-order valence-electron chi connectivity index (χ2n) is 7.73. The highest BCUT2D eigenvalue weighted by atomic mass is 32.2. The molecule has 0 aliphatic rings. The number of anilines is 1. The molecule has 0 bridgehead atoms. The van der Waals surface area contributed by atoms with Gasteiger partial charge < -0.3 is 14.6 Å². The van der Waals surface area contributed by atoms with E-state index in [1.165, 1.54) is 23.9 Å². The van der Waals surface area contributed by atoms with Crippen LogP contribution in [-0.2, 0) is 12.3 Å². The maximum absolute atomic E-state index is 13.1. The van der Waals surface area contributed by atoms with Gasteiger partial charge in [0, 0.05) is 30.7 Å². The van der Waals surface area contributed by atoms with E-state index in [0.29, 0.717) is 46.2 Å². The van der Waals surface area contributed by atoms with Crippen LogP contribution in [-0.4, -0.2) is 41.0 Å². The Bertz CT molecular complexity index is 1330. The molecule has 0 unspecified atom stereocenters. The van der Waals surface area contributed by atoms with Gasteiger partial charge in [-0.25, -0.2) is 14.2 Å². The lowest BCUT2D eigenvalue weighted by atomic mass is 10.2. The summed E-state index contributed by atoms with van der Waals surface area (Å²) in [6.45, 7) is 1.15. The molecular weight excluding hydrogens is 443 g/mol. The molecule has 2 heterocycles. The number of benzene rings is 2. The summed E-state index contributed by atoms with van der Waals surface area (Å²) in [5.41, 5.74) is 3.00. The summed E-state index contributed by atoms with van der Waals surface area (Å²) in [7, 11) is 3.86. The molecule has 33 heavy (non-hydrogen) atoms. The van der Waals surface area contributed by atoms with Crippen LogP contribution in [0.3, 0.4) is 0 Å². The van der Waals surface area contributed by atoms with E-state index in [2.05, 4.69) is 10.3 Å². The van der Waals surface area contributed by atoms with E-state index in [1.54, 1.807) is 53.2 Å². The highest BCUT2D eigenvalue weighted by Crippen LogP contribution is 2.26. The van der Waals surface area contributed by atoms with Crippen LogP contribution in [0.2, 0.25) is 0 Å². The Labute approximate surface area is 194 Å². The Hall–Kier alpha value is -3.43. The molecule has 1 N–H and O–H groups in total. The van der Waals surface area contributed by atoms with Crippen LogP contribution in [0.5, 0.6) is 0 Å². The number of oxazole rings is 1. The normalized spacial score (nSPS) is 11.3. The number of aromatic nitrogens is 2. The number of halogens is 1. The third kappa shape index (κ3) is 5.50. The summed E-state index contributed by atoms with van der Waals surface area (Å²) in [5.74, 6) is -0.475. The minimum atomic E-state index is -0.429. The third-order valence-corrected chi connectivity index (χ3v) is 6.08. The number of thioether (sulfide) groups is 1. The maximum atomic E-state index is 13.1. The van der Waals surface area contributed by atoms with Crippen LogP contribution in [0.25, 0.3) is 11.1 Å². The number of pyridine rings is 1. The zero-order chi connectivity index (χ0) is 23.4. The summed E-state index contributed by atoms with van der Waals surface area (Å²) in [6.07, 6.45) is 1.63. The molecule has 1 amide bonds. The highest BCUT2D eigenvalue weighted by molar-refractivity contribution is 7.98. The Morgan fingerprint density at radius 2 is 1.97 bits per heavy atom. The molecular formula is C24H23FN4O3S. The number of nitrogens with zero attached hydrogens (tertiary/aromatic N) is 3. The first kappa shape index (κ1) is 22.8. The molecule has 0 saturated carbocycles. The van der Waals surface area contributed by atoms with Gasteiger partial charge in [-0.3, -0.25) is 9.36 Å². The van der Waals surface area contributed by atoms with Gasteiger partial charge in [0.1, 0.15) is 10.8 Å². The molecule has 7 nitrogen and oxygen atoms in total. The fraction of sp³-hybridized carbons (Fsp3) is 0.208. The minimum absolute atomic E-state index is 0.289. The minimum Gasteiger partial charge on any atom is -0.408 e. The molecule has 2 aromatic carbocycles. The molecule has 0 spiro atoms. The van der Waals surface area contributed by atoms with E-state index in [1.807, 2.05) is 19.0 Å². The van der Waals surface area contributed by atoms with Crippen LogP contribution in [0.4, 0.5) is 10.1 Å². The lowest BCUT2D eigenvalue weighted by Crippen LogP contribution is -2.23. The molecule has 4 rings (SSSR count). The quantitative estimate of drug-likeness (QED) is 0.392. The molecule has 0 saturated heterocycles. The van der Waals surface area contributed by atoms with Gasteiger partial charge in [0.2, 0.25) is 0 Å². The zero-order valence-corrected chi connectivity index (χ0v) is 19.1. The Morgan fingerprint density at radius 3 is 2.73 bits per heavy atom. The van der Waals surface area contributed by atoms with Gasteiger partial charge in [-0.1, -0.05) is 12.1 Å². The second kappa shape index (κ2) is 10.0. The van der Waals surface area contributed by atoms with Crippen molar-refractivity contribution < 1.29 is 13.6 Å². The van der Waals surface area contributed by atoms with Crippen LogP contribution in [0.1, 0.15) is 15.9 Å². The SMILES string of the molecule is CN(C)CCn1c(=O)oc2ccc(NC(=O)c3cccnc3SCc3ccc(F)cc3)cc21. The van der Waals surface area contributed by atoms with Crippen molar-refractivity contribution in [2.45, 2.75) is 17.3 Å². The van der Waals surface area contributed by atoms with E-state index in [0.717, 1.165) is 5.56 Å². The average molecular weight is 467 g/mol. The monoisotopic (exact) mass is 466 g/mol. The fourth-order valence-corrected chi connectivity index (χ4v) is 4.21. The molecule has 0 aliphatic carbocycles. The van der Waals surface area contributed by atoms with Gasteiger partial charge in [-0.05, 0) is 62.1 Å². The summed E-state index contributed by atoms with van der Waals surface area (Å²) < 4.78 is 20.0. The molecule has 0 aliphatic heterocycles. The number of rotatable bonds is 8. The number of carbonyl (C=O) groups excluding carboxylic acids is 1. The lowest BCUT2D eigenvalue weighted by Gasteiger charge is -2.11. The third-order valence-electron chi connectivity index (χ3n) is 5.00. The standard InChI is InChI=1S/C24H23FN4O3S/c1-28(2)12-13-29-20-14-18(9-10-21(20)32-24(29)31)27-22(30)19-4-3-11-26-23(19)33-15-16-5-7-17(25)8-6-16/h3-11,14H,12-13,15H2,1-2H3,(H,27,30). The summed E-state index contributed by atoms with van der Waals surface area (Å²) in [5, 5.41) is 3.46. The molecule has 170 valence electrons. The number of fused-ring (bicyclic) bond motifs is 1. The number of carbonyl (C=O) groups is 1. The van der Waals surface area contributed by atoms with Gasteiger partial charge in [0.05, 0.1) is 11.1 Å². The van der Waals surface area contributed by atoms with E-state index in [-0.39, 0.29) is 11.7 Å². The molecule has 2 aromatic heterocycles. The van der Waals surface area contributed by atoms with Crippen LogP contribution in [0.15, 0.2) is 75.0 Å². The molecule has 0 radical (unpaired) electrons. The van der Waals surface area contributed by atoms with Crippen molar-refractivity contribution in [3.05, 3.63) is 88.3 Å².